The minimum Gasteiger partial charge on any atom is -0.343 e. The van der Waals surface area contributed by atoms with Crippen LogP contribution in [0.4, 0.5) is 0 Å². The van der Waals surface area contributed by atoms with Gasteiger partial charge in [-0.3, -0.25) is 4.79 Å². The molecule has 0 aliphatic rings. The molecule has 2 heterocycles. The first-order chi connectivity index (χ1) is 11.1. The van der Waals surface area contributed by atoms with Crippen molar-refractivity contribution in [2.24, 2.45) is 0 Å². The van der Waals surface area contributed by atoms with Crippen LogP contribution in [0.3, 0.4) is 0 Å². The fourth-order valence-corrected chi connectivity index (χ4v) is 2.09. The van der Waals surface area contributed by atoms with Gasteiger partial charge >= 0.3 is 0 Å². The molecule has 23 heavy (non-hydrogen) atoms. The largest absolute Gasteiger partial charge is 0.343 e. The number of nitrogens with one attached hydrogen (secondary N) is 1. The normalized spacial score (nSPS) is 10.5. The minimum absolute atomic E-state index is 0.145. The molecular weight excluding hydrogens is 294 g/mol. The first kappa shape index (κ1) is 14.8. The Hall–Kier alpha value is -3.09. The summed E-state index contributed by atoms with van der Waals surface area (Å²) in [7, 11) is 0. The summed E-state index contributed by atoms with van der Waals surface area (Å²) >= 11 is 0. The van der Waals surface area contributed by atoms with E-state index in [1.807, 2.05) is 30.3 Å². The van der Waals surface area contributed by atoms with Gasteiger partial charge in [0.15, 0.2) is 0 Å². The average molecular weight is 309 g/mol. The Morgan fingerprint density at radius 3 is 2.70 bits per heavy atom. The van der Waals surface area contributed by atoms with Crippen molar-refractivity contribution in [1.29, 1.82) is 0 Å². The number of rotatable bonds is 4. The predicted molar refractivity (Wildman–Crippen MR) is 82.4 cm³/mol. The Morgan fingerprint density at radius 2 is 1.96 bits per heavy atom. The standard InChI is InChI=1S/C16H15N5O2/c1-10-13(8-17-11(2)19-10)16(22)18-9-14-20-15(21-23-14)12-6-4-3-5-7-12/h3-8H,9H2,1-2H3,(H,18,22). The van der Waals surface area contributed by atoms with Gasteiger partial charge in [0.25, 0.3) is 5.91 Å². The van der Waals surface area contributed by atoms with Gasteiger partial charge in [-0.05, 0) is 13.8 Å². The summed E-state index contributed by atoms with van der Waals surface area (Å²) in [4.78, 5) is 24.6. The van der Waals surface area contributed by atoms with Crippen molar-refractivity contribution < 1.29 is 9.32 Å². The third-order valence-electron chi connectivity index (χ3n) is 3.24. The van der Waals surface area contributed by atoms with E-state index in [4.69, 9.17) is 4.52 Å². The molecule has 7 nitrogen and oxygen atoms in total. The van der Waals surface area contributed by atoms with Gasteiger partial charge < -0.3 is 9.84 Å². The Morgan fingerprint density at radius 1 is 1.17 bits per heavy atom. The highest BCUT2D eigenvalue weighted by Crippen LogP contribution is 2.14. The summed E-state index contributed by atoms with van der Waals surface area (Å²) in [5, 5.41) is 6.63. The topological polar surface area (TPSA) is 93.8 Å². The fraction of sp³-hybridized carbons (Fsp3) is 0.188. The van der Waals surface area contributed by atoms with Crippen LogP contribution in [0.2, 0.25) is 0 Å². The van der Waals surface area contributed by atoms with Crippen molar-refractivity contribution >= 4 is 5.91 Å². The molecule has 1 aromatic carbocycles. The molecule has 0 atom stereocenters. The molecule has 0 unspecified atom stereocenters. The second-order valence-electron chi connectivity index (χ2n) is 4.98. The molecule has 3 rings (SSSR count). The van der Waals surface area contributed by atoms with Crippen LogP contribution in [0.5, 0.6) is 0 Å². The molecule has 1 amide bonds. The van der Waals surface area contributed by atoms with E-state index >= 15 is 0 Å². The molecule has 0 radical (unpaired) electrons. The summed E-state index contributed by atoms with van der Waals surface area (Å²) < 4.78 is 5.15. The maximum atomic E-state index is 12.1. The van der Waals surface area contributed by atoms with E-state index in [9.17, 15) is 4.79 Å². The number of benzene rings is 1. The SMILES string of the molecule is Cc1ncc(C(=O)NCc2nc(-c3ccccc3)no2)c(C)n1. The van der Waals surface area contributed by atoms with Crippen LogP contribution in [-0.4, -0.2) is 26.0 Å². The van der Waals surface area contributed by atoms with Gasteiger partial charge in [-0.25, -0.2) is 9.97 Å². The van der Waals surface area contributed by atoms with Crippen molar-refractivity contribution in [2.45, 2.75) is 20.4 Å². The molecular formula is C16H15N5O2. The quantitative estimate of drug-likeness (QED) is 0.793. The van der Waals surface area contributed by atoms with E-state index < -0.39 is 0 Å². The zero-order valence-electron chi connectivity index (χ0n) is 12.8. The maximum absolute atomic E-state index is 12.1. The third kappa shape index (κ3) is 3.39. The number of nitrogens with zero attached hydrogens (tertiary/aromatic N) is 4. The van der Waals surface area contributed by atoms with Crippen LogP contribution in [0.25, 0.3) is 11.4 Å². The highest BCUT2D eigenvalue weighted by atomic mass is 16.5. The number of carbonyl (C=O) groups is 1. The number of aromatic nitrogens is 4. The van der Waals surface area contributed by atoms with E-state index in [1.54, 1.807) is 13.8 Å². The van der Waals surface area contributed by atoms with Crippen LogP contribution < -0.4 is 5.32 Å². The van der Waals surface area contributed by atoms with Crippen molar-refractivity contribution in [1.82, 2.24) is 25.4 Å². The smallest absolute Gasteiger partial charge is 0.255 e. The first-order valence-electron chi connectivity index (χ1n) is 7.10. The second-order valence-corrected chi connectivity index (χ2v) is 4.98. The zero-order valence-corrected chi connectivity index (χ0v) is 12.8. The molecule has 0 bridgehead atoms. The number of aryl methyl sites for hydroxylation is 2. The summed E-state index contributed by atoms with van der Waals surface area (Å²) in [5.41, 5.74) is 1.92. The molecule has 7 heteroatoms. The van der Waals surface area contributed by atoms with E-state index in [-0.39, 0.29) is 12.5 Å². The van der Waals surface area contributed by atoms with Crippen molar-refractivity contribution in [2.75, 3.05) is 0 Å². The first-order valence-corrected chi connectivity index (χ1v) is 7.10. The molecule has 0 aliphatic carbocycles. The van der Waals surface area contributed by atoms with E-state index in [0.29, 0.717) is 28.8 Å². The van der Waals surface area contributed by atoms with Gasteiger partial charge in [-0.1, -0.05) is 35.5 Å². The number of hydrogen-bond acceptors (Lipinski definition) is 6. The zero-order chi connectivity index (χ0) is 16.2. The Balaban J connectivity index is 1.67. The molecule has 0 aliphatic heterocycles. The predicted octanol–water partition coefficient (Wildman–Crippen LogP) is 2.07. The summed E-state index contributed by atoms with van der Waals surface area (Å²) in [5.74, 6) is 1.18. The number of amides is 1. The van der Waals surface area contributed by atoms with Crippen LogP contribution in [-0.2, 0) is 6.54 Å². The maximum Gasteiger partial charge on any atom is 0.255 e. The number of hydrogen-bond donors (Lipinski definition) is 1. The van der Waals surface area contributed by atoms with Gasteiger partial charge in [0.1, 0.15) is 5.82 Å². The van der Waals surface area contributed by atoms with Crippen LogP contribution in [0.15, 0.2) is 41.1 Å². The lowest BCUT2D eigenvalue weighted by molar-refractivity contribution is 0.0945. The van der Waals surface area contributed by atoms with Crippen LogP contribution in [0.1, 0.15) is 27.8 Å². The lowest BCUT2D eigenvalue weighted by atomic mass is 10.2. The monoisotopic (exact) mass is 309 g/mol. The fourth-order valence-electron chi connectivity index (χ4n) is 2.09. The Labute approximate surface area is 132 Å². The summed E-state index contributed by atoms with van der Waals surface area (Å²) in [6, 6.07) is 9.48. The van der Waals surface area contributed by atoms with Gasteiger partial charge in [-0.15, -0.1) is 0 Å². The lowest BCUT2D eigenvalue weighted by Crippen LogP contribution is -2.24. The molecule has 0 spiro atoms. The van der Waals surface area contributed by atoms with Gasteiger partial charge in [-0.2, -0.15) is 4.98 Å². The molecule has 0 saturated carbocycles. The van der Waals surface area contributed by atoms with Crippen LogP contribution >= 0.6 is 0 Å². The molecule has 0 fully saturated rings. The molecule has 116 valence electrons. The highest BCUT2D eigenvalue weighted by molar-refractivity contribution is 5.94. The second kappa shape index (κ2) is 6.35. The molecule has 2 aromatic heterocycles. The van der Waals surface area contributed by atoms with Crippen molar-refractivity contribution in [3.8, 4) is 11.4 Å². The summed E-state index contributed by atoms with van der Waals surface area (Å²) in [6.07, 6.45) is 1.51. The Bertz CT molecular complexity index is 829. The van der Waals surface area contributed by atoms with Gasteiger partial charge in [0, 0.05) is 11.8 Å². The van der Waals surface area contributed by atoms with Crippen molar-refractivity contribution in [3.63, 3.8) is 0 Å². The van der Waals surface area contributed by atoms with E-state index in [2.05, 4.69) is 25.4 Å². The van der Waals surface area contributed by atoms with Gasteiger partial charge in [0.2, 0.25) is 11.7 Å². The van der Waals surface area contributed by atoms with Gasteiger partial charge in [0.05, 0.1) is 17.8 Å². The number of carbonyl (C=O) groups excluding carboxylic acids is 1. The average Bonchev–Trinajstić information content (AvgIpc) is 3.02. The molecule has 0 saturated heterocycles. The van der Waals surface area contributed by atoms with Crippen LogP contribution in [0, 0.1) is 13.8 Å². The highest BCUT2D eigenvalue weighted by Gasteiger charge is 2.13. The Kier molecular flexibility index (Phi) is 4.09. The third-order valence-corrected chi connectivity index (χ3v) is 3.24. The minimum atomic E-state index is -0.276. The molecule has 1 N–H and O–H groups in total. The molecule has 3 aromatic rings. The van der Waals surface area contributed by atoms with E-state index in [0.717, 1.165) is 5.56 Å². The summed E-state index contributed by atoms with van der Waals surface area (Å²) in [6.45, 7) is 3.69. The lowest BCUT2D eigenvalue weighted by Gasteiger charge is -2.05. The van der Waals surface area contributed by atoms with Crippen molar-refractivity contribution in [3.05, 3.63) is 59.5 Å². The van der Waals surface area contributed by atoms with E-state index in [1.165, 1.54) is 6.20 Å².